The molecule has 1 rings (SSSR count). The molecule has 0 aliphatic rings. The number of primary amides is 1. The third-order valence-corrected chi connectivity index (χ3v) is 2.85. The van der Waals surface area contributed by atoms with E-state index in [0.29, 0.717) is 19.7 Å². The number of rotatable bonds is 9. The number of nitrogens with zero attached hydrogens (tertiary/aromatic N) is 1. The Balaban J connectivity index is 2.27. The predicted molar refractivity (Wildman–Crippen MR) is 75.8 cm³/mol. The lowest BCUT2D eigenvalue weighted by Gasteiger charge is -2.18. The number of nitrogens with two attached hydrogens (primary N) is 2. The lowest BCUT2D eigenvalue weighted by atomic mass is 10.2. The first-order valence-corrected chi connectivity index (χ1v) is 6.58. The van der Waals surface area contributed by atoms with Gasteiger partial charge in [-0.3, -0.25) is 9.69 Å². The minimum atomic E-state index is -0.293. The van der Waals surface area contributed by atoms with Crippen LogP contribution < -0.4 is 16.2 Å². The zero-order chi connectivity index (χ0) is 14.1. The number of ether oxygens (including phenoxy) is 1. The molecule has 0 radical (unpaired) electrons. The molecular formula is C14H23N3O2. The first-order chi connectivity index (χ1) is 9.15. The van der Waals surface area contributed by atoms with Gasteiger partial charge in [-0.2, -0.15) is 0 Å². The summed E-state index contributed by atoms with van der Waals surface area (Å²) >= 11 is 0. The van der Waals surface area contributed by atoms with Crippen molar-refractivity contribution in [2.75, 3.05) is 26.2 Å². The van der Waals surface area contributed by atoms with Gasteiger partial charge in [0.05, 0.1) is 13.2 Å². The molecule has 4 N–H and O–H groups in total. The maximum Gasteiger partial charge on any atom is 0.231 e. The maximum absolute atomic E-state index is 10.8. The van der Waals surface area contributed by atoms with Gasteiger partial charge in [0.25, 0.3) is 0 Å². The summed E-state index contributed by atoms with van der Waals surface area (Å²) in [6, 6.07) is 7.77. The highest BCUT2D eigenvalue weighted by atomic mass is 16.5. The molecule has 19 heavy (non-hydrogen) atoms. The molecule has 0 unspecified atom stereocenters. The van der Waals surface area contributed by atoms with Crippen LogP contribution in [0.15, 0.2) is 24.3 Å². The summed E-state index contributed by atoms with van der Waals surface area (Å²) in [6.45, 7) is 5.05. The van der Waals surface area contributed by atoms with Gasteiger partial charge in [-0.25, -0.2) is 0 Å². The van der Waals surface area contributed by atoms with Gasteiger partial charge < -0.3 is 16.2 Å². The third kappa shape index (κ3) is 6.22. The van der Waals surface area contributed by atoms with Crippen LogP contribution in [0, 0.1) is 0 Å². The average molecular weight is 265 g/mol. The number of likely N-dealkylation sites (N-methyl/N-ethyl adjacent to an activating group) is 1. The summed E-state index contributed by atoms with van der Waals surface area (Å²) in [5.41, 5.74) is 11.8. The minimum absolute atomic E-state index is 0.293. The Morgan fingerprint density at radius 2 is 2.21 bits per heavy atom. The second-order valence-electron chi connectivity index (χ2n) is 4.39. The Morgan fingerprint density at radius 3 is 2.84 bits per heavy atom. The van der Waals surface area contributed by atoms with Crippen molar-refractivity contribution in [1.29, 1.82) is 0 Å². The Morgan fingerprint density at radius 1 is 1.42 bits per heavy atom. The number of hydrogen-bond acceptors (Lipinski definition) is 4. The van der Waals surface area contributed by atoms with Crippen LogP contribution in [-0.2, 0) is 11.3 Å². The van der Waals surface area contributed by atoms with E-state index in [9.17, 15) is 4.79 Å². The van der Waals surface area contributed by atoms with E-state index < -0.39 is 0 Å². The summed E-state index contributed by atoms with van der Waals surface area (Å²) in [4.78, 5) is 12.8. The normalized spacial score (nSPS) is 10.7. The average Bonchev–Trinajstić information content (AvgIpc) is 2.42. The summed E-state index contributed by atoms with van der Waals surface area (Å²) in [5, 5.41) is 0. The molecule has 0 fully saturated rings. The van der Waals surface area contributed by atoms with Crippen LogP contribution in [0.4, 0.5) is 0 Å². The molecule has 0 aromatic heterocycles. The van der Waals surface area contributed by atoms with Crippen LogP contribution in [0.5, 0.6) is 5.75 Å². The molecule has 0 saturated carbocycles. The van der Waals surface area contributed by atoms with Crippen LogP contribution >= 0.6 is 0 Å². The van der Waals surface area contributed by atoms with Gasteiger partial charge in [-0.1, -0.05) is 19.1 Å². The van der Waals surface area contributed by atoms with Crippen molar-refractivity contribution < 1.29 is 9.53 Å². The van der Waals surface area contributed by atoms with E-state index in [4.69, 9.17) is 16.2 Å². The minimum Gasteiger partial charge on any atom is -0.494 e. The van der Waals surface area contributed by atoms with E-state index in [2.05, 4.69) is 0 Å². The third-order valence-electron chi connectivity index (χ3n) is 2.85. The molecule has 0 spiro atoms. The summed E-state index contributed by atoms with van der Waals surface area (Å²) in [6.07, 6.45) is 0.855. The van der Waals surface area contributed by atoms with E-state index in [-0.39, 0.29) is 5.91 Å². The van der Waals surface area contributed by atoms with Crippen molar-refractivity contribution in [3.63, 3.8) is 0 Å². The van der Waals surface area contributed by atoms with Crippen LogP contribution in [0.3, 0.4) is 0 Å². The van der Waals surface area contributed by atoms with Crippen molar-refractivity contribution in [2.24, 2.45) is 11.5 Å². The Bertz CT molecular complexity index is 396. The summed E-state index contributed by atoms with van der Waals surface area (Å²) in [5.74, 6) is 0.541. The topological polar surface area (TPSA) is 81.6 Å². The molecule has 1 aromatic rings. The molecule has 1 amide bonds. The van der Waals surface area contributed by atoms with Crippen molar-refractivity contribution in [2.45, 2.75) is 19.9 Å². The lowest BCUT2D eigenvalue weighted by Crippen LogP contribution is -2.34. The van der Waals surface area contributed by atoms with E-state index in [1.807, 2.05) is 36.1 Å². The second-order valence-corrected chi connectivity index (χ2v) is 4.39. The van der Waals surface area contributed by atoms with Gasteiger partial charge in [-0.05, 0) is 30.7 Å². The van der Waals surface area contributed by atoms with Crippen molar-refractivity contribution in [3.05, 3.63) is 29.8 Å². The molecular weight excluding hydrogens is 242 g/mol. The van der Waals surface area contributed by atoms with E-state index in [0.717, 1.165) is 30.8 Å². The standard InChI is InChI=1S/C14H23N3O2/c1-2-17(11-14(16)18)7-4-8-19-13-6-3-5-12(9-13)10-15/h3,5-6,9H,2,4,7-8,10-11,15H2,1H3,(H2,16,18). The fourth-order valence-corrected chi connectivity index (χ4v) is 1.81. The van der Waals surface area contributed by atoms with E-state index in [1.165, 1.54) is 0 Å². The Labute approximate surface area is 114 Å². The molecule has 0 aliphatic carbocycles. The lowest BCUT2D eigenvalue weighted by molar-refractivity contribution is -0.119. The largest absolute Gasteiger partial charge is 0.494 e. The maximum atomic E-state index is 10.8. The number of hydrogen-bond donors (Lipinski definition) is 2. The SMILES string of the molecule is CCN(CCCOc1cccc(CN)c1)CC(N)=O. The van der Waals surface area contributed by atoms with Gasteiger partial charge in [0.2, 0.25) is 5.91 Å². The summed E-state index contributed by atoms with van der Waals surface area (Å²) < 4.78 is 5.65. The highest BCUT2D eigenvalue weighted by Gasteiger charge is 2.05. The first kappa shape index (κ1) is 15.5. The summed E-state index contributed by atoms with van der Waals surface area (Å²) in [7, 11) is 0. The van der Waals surface area contributed by atoms with Gasteiger partial charge in [0.1, 0.15) is 5.75 Å². The fourth-order valence-electron chi connectivity index (χ4n) is 1.81. The molecule has 0 bridgehead atoms. The molecule has 5 heteroatoms. The van der Waals surface area contributed by atoms with Gasteiger partial charge in [-0.15, -0.1) is 0 Å². The van der Waals surface area contributed by atoms with Crippen LogP contribution in [-0.4, -0.2) is 37.0 Å². The molecule has 0 saturated heterocycles. The van der Waals surface area contributed by atoms with Gasteiger partial charge in [0, 0.05) is 13.1 Å². The first-order valence-electron chi connectivity index (χ1n) is 6.58. The molecule has 0 aliphatic heterocycles. The highest BCUT2D eigenvalue weighted by molar-refractivity contribution is 5.75. The van der Waals surface area contributed by atoms with Crippen LogP contribution in [0.1, 0.15) is 18.9 Å². The van der Waals surface area contributed by atoms with Crippen LogP contribution in [0.2, 0.25) is 0 Å². The van der Waals surface area contributed by atoms with Crippen molar-refractivity contribution >= 4 is 5.91 Å². The quantitative estimate of drug-likeness (QED) is 0.645. The van der Waals surface area contributed by atoms with Gasteiger partial charge >= 0.3 is 0 Å². The number of benzene rings is 1. The second kappa shape index (κ2) is 8.50. The van der Waals surface area contributed by atoms with Crippen molar-refractivity contribution in [1.82, 2.24) is 4.90 Å². The molecule has 0 atom stereocenters. The smallest absolute Gasteiger partial charge is 0.231 e. The van der Waals surface area contributed by atoms with E-state index >= 15 is 0 Å². The Hall–Kier alpha value is -1.59. The predicted octanol–water partition coefficient (Wildman–Crippen LogP) is 0.721. The monoisotopic (exact) mass is 265 g/mol. The zero-order valence-electron chi connectivity index (χ0n) is 11.5. The number of carbonyl (C=O) groups excluding carboxylic acids is 1. The molecule has 106 valence electrons. The number of amides is 1. The Kier molecular flexibility index (Phi) is 6.92. The number of carbonyl (C=O) groups is 1. The zero-order valence-corrected chi connectivity index (χ0v) is 11.5. The molecule has 5 nitrogen and oxygen atoms in total. The van der Waals surface area contributed by atoms with Crippen molar-refractivity contribution in [3.8, 4) is 5.75 Å². The van der Waals surface area contributed by atoms with E-state index in [1.54, 1.807) is 0 Å². The van der Waals surface area contributed by atoms with Gasteiger partial charge in [0.15, 0.2) is 0 Å². The fraction of sp³-hybridized carbons (Fsp3) is 0.500. The van der Waals surface area contributed by atoms with Crippen LogP contribution in [0.25, 0.3) is 0 Å². The molecule has 0 heterocycles. The highest BCUT2D eigenvalue weighted by Crippen LogP contribution is 2.13. The molecule has 1 aromatic carbocycles.